The van der Waals surface area contributed by atoms with Gasteiger partial charge >= 0.3 is 0 Å². The highest BCUT2D eigenvalue weighted by molar-refractivity contribution is 5.87. The van der Waals surface area contributed by atoms with Crippen LogP contribution in [0, 0.1) is 13.8 Å². The first kappa shape index (κ1) is 18.4. The Hall–Kier alpha value is -2.93. The van der Waals surface area contributed by atoms with Crippen molar-refractivity contribution in [1.82, 2.24) is 20.4 Å². The van der Waals surface area contributed by atoms with E-state index in [1.165, 1.54) is 0 Å². The Balaban J connectivity index is 1.68. The lowest BCUT2D eigenvalue weighted by Gasteiger charge is -2.30. The largest absolute Gasteiger partial charge is 0.360 e. The first-order chi connectivity index (χ1) is 13.5. The lowest BCUT2D eigenvalue weighted by molar-refractivity contribution is -0.120. The fraction of sp³-hybridized carbons (Fsp3) is 0.381. The van der Waals surface area contributed by atoms with Crippen LogP contribution in [0.3, 0.4) is 0 Å². The van der Waals surface area contributed by atoms with Crippen LogP contribution >= 0.6 is 0 Å². The van der Waals surface area contributed by atoms with Crippen molar-refractivity contribution in [3.63, 3.8) is 0 Å². The molecule has 0 saturated carbocycles. The zero-order valence-electron chi connectivity index (χ0n) is 16.5. The van der Waals surface area contributed by atoms with E-state index in [0.29, 0.717) is 26.2 Å². The third-order valence-electron chi connectivity index (χ3n) is 4.98. The Bertz CT molecular complexity index is 1010. The summed E-state index contributed by atoms with van der Waals surface area (Å²) in [6.07, 6.45) is 0. The summed E-state index contributed by atoms with van der Waals surface area (Å²) in [5.41, 5.74) is 4.11. The average Bonchev–Trinajstić information content (AvgIpc) is 3.06. The van der Waals surface area contributed by atoms with Crippen molar-refractivity contribution < 1.29 is 9.32 Å². The van der Waals surface area contributed by atoms with Gasteiger partial charge in [-0.05, 0) is 32.5 Å². The average molecular weight is 379 g/mol. The molecule has 1 aromatic carbocycles. The number of benzene rings is 1. The van der Waals surface area contributed by atoms with E-state index in [2.05, 4.69) is 51.5 Å². The van der Waals surface area contributed by atoms with E-state index < -0.39 is 0 Å². The molecule has 2 aromatic heterocycles. The number of rotatable bonds is 5. The minimum absolute atomic E-state index is 0.0365. The fourth-order valence-corrected chi connectivity index (χ4v) is 3.69. The minimum Gasteiger partial charge on any atom is -0.360 e. The number of para-hydroxylation sites is 1. The molecule has 7 nitrogen and oxygen atoms in total. The third kappa shape index (κ3) is 3.84. The summed E-state index contributed by atoms with van der Waals surface area (Å²) in [7, 11) is 2.05. The SMILES string of the molecule is Cc1cc(CN(C)Cc2cc3cccc(C)c3nc2N2CCNC(=O)C2)on1. The molecule has 4 rings (SSSR count). The smallest absolute Gasteiger partial charge is 0.239 e. The number of carbonyl (C=O) groups excluding carboxylic acids is 1. The molecule has 0 atom stereocenters. The third-order valence-corrected chi connectivity index (χ3v) is 4.98. The van der Waals surface area contributed by atoms with Gasteiger partial charge in [0.1, 0.15) is 5.82 Å². The van der Waals surface area contributed by atoms with E-state index in [9.17, 15) is 4.79 Å². The summed E-state index contributed by atoms with van der Waals surface area (Å²) >= 11 is 0. The van der Waals surface area contributed by atoms with Crippen molar-refractivity contribution in [1.29, 1.82) is 0 Å². The second kappa shape index (κ2) is 7.59. The lowest BCUT2D eigenvalue weighted by atomic mass is 10.1. The predicted octanol–water partition coefficient (Wildman–Crippen LogP) is 2.41. The van der Waals surface area contributed by atoms with Gasteiger partial charge < -0.3 is 14.7 Å². The summed E-state index contributed by atoms with van der Waals surface area (Å²) in [5.74, 6) is 1.76. The first-order valence-corrected chi connectivity index (χ1v) is 9.51. The molecule has 7 heteroatoms. The molecule has 1 aliphatic rings. The Morgan fingerprint density at radius 2 is 2.11 bits per heavy atom. The first-order valence-electron chi connectivity index (χ1n) is 9.51. The van der Waals surface area contributed by atoms with Crippen LogP contribution in [0.15, 0.2) is 34.9 Å². The number of fused-ring (bicyclic) bond motifs is 1. The minimum atomic E-state index is 0.0365. The van der Waals surface area contributed by atoms with Gasteiger partial charge in [-0.25, -0.2) is 4.98 Å². The number of hydrogen-bond acceptors (Lipinski definition) is 6. The molecule has 0 bridgehead atoms. The molecular weight excluding hydrogens is 354 g/mol. The van der Waals surface area contributed by atoms with Crippen molar-refractivity contribution in [2.24, 2.45) is 0 Å². The molecular formula is C21H25N5O2. The molecule has 1 fully saturated rings. The molecule has 0 unspecified atom stereocenters. The standard InChI is InChI=1S/C21H25N5O2/c1-14-5-4-6-16-10-17(11-25(3)12-18-9-15(2)24-28-18)21(23-20(14)16)26-8-7-22-19(27)13-26/h4-6,9-10H,7-8,11-13H2,1-3H3,(H,22,27). The van der Waals surface area contributed by atoms with Crippen molar-refractivity contribution in [3.05, 3.63) is 52.9 Å². The number of hydrogen-bond donors (Lipinski definition) is 1. The topological polar surface area (TPSA) is 74.5 Å². The molecule has 3 aromatic rings. The van der Waals surface area contributed by atoms with E-state index in [4.69, 9.17) is 9.51 Å². The monoisotopic (exact) mass is 379 g/mol. The van der Waals surface area contributed by atoms with Crippen LogP contribution in [-0.2, 0) is 17.9 Å². The number of aryl methyl sites for hydroxylation is 2. The van der Waals surface area contributed by atoms with Crippen molar-refractivity contribution in [3.8, 4) is 0 Å². The fourth-order valence-electron chi connectivity index (χ4n) is 3.69. The number of aromatic nitrogens is 2. The molecule has 3 heterocycles. The summed E-state index contributed by atoms with van der Waals surface area (Å²) in [5, 5.41) is 7.96. The Morgan fingerprint density at radius 3 is 2.86 bits per heavy atom. The van der Waals surface area contributed by atoms with Gasteiger partial charge in [-0.3, -0.25) is 9.69 Å². The maximum absolute atomic E-state index is 11.9. The molecule has 0 radical (unpaired) electrons. The summed E-state index contributed by atoms with van der Waals surface area (Å²) in [4.78, 5) is 21.2. The number of piperazine rings is 1. The maximum Gasteiger partial charge on any atom is 0.239 e. The van der Waals surface area contributed by atoms with Crippen LogP contribution in [0.2, 0.25) is 0 Å². The van der Waals surface area contributed by atoms with Gasteiger partial charge in [0.05, 0.1) is 24.3 Å². The number of pyridine rings is 1. The van der Waals surface area contributed by atoms with Gasteiger partial charge in [0.25, 0.3) is 0 Å². The summed E-state index contributed by atoms with van der Waals surface area (Å²) in [6, 6.07) is 10.4. The highest BCUT2D eigenvalue weighted by Gasteiger charge is 2.22. The quantitative estimate of drug-likeness (QED) is 0.734. The van der Waals surface area contributed by atoms with Crippen LogP contribution in [0.25, 0.3) is 10.9 Å². The van der Waals surface area contributed by atoms with Crippen molar-refractivity contribution in [2.75, 3.05) is 31.6 Å². The Labute approximate surface area is 164 Å². The number of carbonyl (C=O) groups is 1. The molecule has 1 saturated heterocycles. The van der Waals surface area contributed by atoms with E-state index in [1.54, 1.807) is 0 Å². The number of nitrogens with zero attached hydrogens (tertiary/aromatic N) is 4. The normalized spacial score (nSPS) is 14.7. The lowest BCUT2D eigenvalue weighted by Crippen LogP contribution is -2.48. The highest BCUT2D eigenvalue weighted by atomic mass is 16.5. The molecule has 0 spiro atoms. The van der Waals surface area contributed by atoms with Gasteiger partial charge in [-0.15, -0.1) is 0 Å². The molecule has 146 valence electrons. The van der Waals surface area contributed by atoms with Gasteiger partial charge in [0.2, 0.25) is 5.91 Å². The van der Waals surface area contributed by atoms with Gasteiger partial charge in [-0.2, -0.15) is 0 Å². The zero-order chi connectivity index (χ0) is 19.7. The predicted molar refractivity (Wildman–Crippen MR) is 108 cm³/mol. The molecule has 1 N–H and O–H groups in total. The van der Waals surface area contributed by atoms with Crippen LogP contribution in [0.5, 0.6) is 0 Å². The number of nitrogens with one attached hydrogen (secondary N) is 1. The Kier molecular flexibility index (Phi) is 5.00. The molecule has 1 amide bonds. The van der Waals surface area contributed by atoms with E-state index in [0.717, 1.165) is 45.8 Å². The van der Waals surface area contributed by atoms with Crippen LogP contribution in [-0.4, -0.2) is 47.6 Å². The van der Waals surface area contributed by atoms with Gasteiger partial charge in [-0.1, -0.05) is 23.4 Å². The maximum atomic E-state index is 11.9. The summed E-state index contributed by atoms with van der Waals surface area (Å²) in [6.45, 7) is 7.08. The highest BCUT2D eigenvalue weighted by Crippen LogP contribution is 2.27. The van der Waals surface area contributed by atoms with Crippen LogP contribution in [0.1, 0.15) is 22.6 Å². The second-order valence-corrected chi connectivity index (χ2v) is 7.50. The van der Waals surface area contributed by atoms with Crippen LogP contribution in [0.4, 0.5) is 5.82 Å². The van der Waals surface area contributed by atoms with Gasteiger partial charge in [0, 0.05) is 36.7 Å². The van der Waals surface area contributed by atoms with E-state index in [-0.39, 0.29) is 5.91 Å². The zero-order valence-corrected chi connectivity index (χ0v) is 16.5. The van der Waals surface area contributed by atoms with Crippen LogP contribution < -0.4 is 10.2 Å². The van der Waals surface area contributed by atoms with E-state index >= 15 is 0 Å². The summed E-state index contributed by atoms with van der Waals surface area (Å²) < 4.78 is 5.35. The van der Waals surface area contributed by atoms with Crippen molar-refractivity contribution in [2.45, 2.75) is 26.9 Å². The molecule has 1 aliphatic heterocycles. The Morgan fingerprint density at radius 1 is 1.25 bits per heavy atom. The van der Waals surface area contributed by atoms with Crippen molar-refractivity contribution >= 4 is 22.6 Å². The van der Waals surface area contributed by atoms with Gasteiger partial charge in [0.15, 0.2) is 5.76 Å². The second-order valence-electron chi connectivity index (χ2n) is 7.50. The molecule has 0 aliphatic carbocycles. The van der Waals surface area contributed by atoms with E-state index in [1.807, 2.05) is 20.0 Å². The number of anilines is 1. The number of amides is 1. The molecule has 28 heavy (non-hydrogen) atoms.